The molecule has 0 amide bonds. The summed E-state index contributed by atoms with van der Waals surface area (Å²) >= 11 is 0. The Balaban J connectivity index is 2.23. The van der Waals surface area contributed by atoms with Crippen LogP contribution in [0, 0.1) is 0 Å². The molecule has 0 bridgehead atoms. The molecule has 1 unspecified atom stereocenters. The number of nitrogens with one attached hydrogen (secondary N) is 1. The van der Waals surface area contributed by atoms with E-state index in [1.807, 2.05) is 18.2 Å². The number of rotatable bonds is 5. The molecule has 17 heavy (non-hydrogen) atoms. The molecule has 0 radical (unpaired) electrons. The van der Waals surface area contributed by atoms with E-state index in [4.69, 9.17) is 15.3 Å². The van der Waals surface area contributed by atoms with Gasteiger partial charge in [-0.05, 0) is 12.5 Å². The second-order valence-corrected chi connectivity index (χ2v) is 4.23. The van der Waals surface area contributed by atoms with Crippen LogP contribution in [-0.4, -0.2) is 13.2 Å². The Hall–Kier alpha value is -1.26. The number of unbranched alkanes of at least 4 members (excludes halogenated alkanes) is 1. The lowest BCUT2D eigenvalue weighted by molar-refractivity contribution is 0.168. The van der Waals surface area contributed by atoms with Gasteiger partial charge in [0.2, 0.25) is 0 Å². The highest BCUT2D eigenvalue weighted by atomic mass is 16.6. The largest absolute Gasteiger partial charge is 0.486 e. The summed E-state index contributed by atoms with van der Waals surface area (Å²) in [5, 5.41) is 0. The third-order valence-electron chi connectivity index (χ3n) is 3.02. The Morgan fingerprint density at radius 3 is 2.94 bits per heavy atom. The van der Waals surface area contributed by atoms with E-state index in [0.29, 0.717) is 13.2 Å². The van der Waals surface area contributed by atoms with Crippen LogP contribution in [0.2, 0.25) is 0 Å². The first-order valence-corrected chi connectivity index (χ1v) is 6.21. The Bertz CT molecular complexity index is 368. The maximum Gasteiger partial charge on any atom is 0.166 e. The van der Waals surface area contributed by atoms with Crippen LogP contribution in [0.3, 0.4) is 0 Å². The minimum atomic E-state index is 0.131. The number of hydrogen-bond donors (Lipinski definition) is 2. The predicted molar refractivity (Wildman–Crippen MR) is 67.0 cm³/mol. The van der Waals surface area contributed by atoms with Crippen LogP contribution in [0.4, 0.5) is 0 Å². The SMILES string of the molecule is CCCCC(NN)c1cccc2c1OCCO2. The van der Waals surface area contributed by atoms with Crippen molar-refractivity contribution in [3.05, 3.63) is 23.8 Å². The molecule has 1 aliphatic heterocycles. The zero-order valence-electron chi connectivity index (χ0n) is 10.2. The molecule has 0 fully saturated rings. The van der Waals surface area contributed by atoms with Crippen molar-refractivity contribution in [2.24, 2.45) is 5.84 Å². The van der Waals surface area contributed by atoms with Crippen molar-refractivity contribution in [1.29, 1.82) is 0 Å². The predicted octanol–water partition coefficient (Wildman–Crippen LogP) is 2.15. The van der Waals surface area contributed by atoms with Gasteiger partial charge in [0.15, 0.2) is 11.5 Å². The van der Waals surface area contributed by atoms with Gasteiger partial charge in [-0.25, -0.2) is 0 Å². The number of hydrogen-bond acceptors (Lipinski definition) is 4. The van der Waals surface area contributed by atoms with E-state index in [-0.39, 0.29) is 6.04 Å². The highest BCUT2D eigenvalue weighted by Gasteiger charge is 2.20. The first kappa shape index (κ1) is 12.2. The maximum atomic E-state index is 5.70. The lowest BCUT2D eigenvalue weighted by Gasteiger charge is -2.24. The van der Waals surface area contributed by atoms with Gasteiger partial charge in [0, 0.05) is 11.6 Å². The molecule has 0 saturated heterocycles. The van der Waals surface area contributed by atoms with Gasteiger partial charge in [-0.1, -0.05) is 31.9 Å². The quantitative estimate of drug-likeness (QED) is 0.607. The molecule has 1 aliphatic rings. The lowest BCUT2D eigenvalue weighted by atomic mass is 10.00. The Morgan fingerprint density at radius 1 is 1.35 bits per heavy atom. The number of nitrogens with two attached hydrogens (primary N) is 1. The highest BCUT2D eigenvalue weighted by Crippen LogP contribution is 2.37. The minimum absolute atomic E-state index is 0.131. The first-order chi connectivity index (χ1) is 8.36. The molecule has 4 nitrogen and oxygen atoms in total. The van der Waals surface area contributed by atoms with E-state index in [2.05, 4.69) is 12.3 Å². The third-order valence-corrected chi connectivity index (χ3v) is 3.02. The summed E-state index contributed by atoms with van der Waals surface area (Å²) in [5.74, 6) is 7.30. The number of fused-ring (bicyclic) bond motifs is 1. The lowest BCUT2D eigenvalue weighted by Crippen LogP contribution is -2.29. The average molecular weight is 236 g/mol. The molecule has 0 aliphatic carbocycles. The topological polar surface area (TPSA) is 56.5 Å². The van der Waals surface area contributed by atoms with Gasteiger partial charge < -0.3 is 9.47 Å². The average Bonchev–Trinajstić information content (AvgIpc) is 2.40. The number of ether oxygens (including phenoxy) is 2. The van der Waals surface area contributed by atoms with Crippen LogP contribution < -0.4 is 20.7 Å². The van der Waals surface area contributed by atoms with Crippen LogP contribution in [-0.2, 0) is 0 Å². The molecule has 3 N–H and O–H groups in total. The molecule has 0 aromatic heterocycles. The molecule has 1 heterocycles. The van der Waals surface area contributed by atoms with Crippen LogP contribution in [0.5, 0.6) is 11.5 Å². The summed E-state index contributed by atoms with van der Waals surface area (Å²) in [5.41, 5.74) is 3.96. The summed E-state index contributed by atoms with van der Waals surface area (Å²) in [6.07, 6.45) is 3.30. The Morgan fingerprint density at radius 2 is 2.18 bits per heavy atom. The van der Waals surface area contributed by atoms with E-state index >= 15 is 0 Å². The van der Waals surface area contributed by atoms with Crippen molar-refractivity contribution in [2.45, 2.75) is 32.2 Å². The van der Waals surface area contributed by atoms with Crippen LogP contribution in [0.1, 0.15) is 37.8 Å². The van der Waals surface area contributed by atoms with E-state index in [9.17, 15) is 0 Å². The van der Waals surface area contributed by atoms with E-state index < -0.39 is 0 Å². The molecule has 1 aromatic rings. The Labute approximate surface area is 102 Å². The summed E-state index contributed by atoms with van der Waals surface area (Å²) in [7, 11) is 0. The maximum absolute atomic E-state index is 5.70. The van der Waals surface area contributed by atoms with Crippen molar-refractivity contribution in [1.82, 2.24) is 5.43 Å². The smallest absolute Gasteiger partial charge is 0.166 e. The second-order valence-electron chi connectivity index (χ2n) is 4.23. The number of benzene rings is 1. The normalized spacial score (nSPS) is 15.6. The van der Waals surface area contributed by atoms with Crippen molar-refractivity contribution in [3.8, 4) is 11.5 Å². The van der Waals surface area contributed by atoms with Crippen molar-refractivity contribution < 1.29 is 9.47 Å². The van der Waals surface area contributed by atoms with Crippen molar-refractivity contribution >= 4 is 0 Å². The second kappa shape index (κ2) is 5.89. The van der Waals surface area contributed by atoms with Gasteiger partial charge in [-0.15, -0.1) is 0 Å². The fraction of sp³-hybridized carbons (Fsp3) is 0.538. The standard InChI is InChI=1S/C13H20N2O2/c1-2-3-6-11(15-14)10-5-4-7-12-13(10)17-9-8-16-12/h4-5,7,11,15H,2-3,6,8-9,14H2,1H3. The van der Waals surface area contributed by atoms with E-state index in [1.165, 1.54) is 0 Å². The number of hydrazine groups is 1. The molecular formula is C13H20N2O2. The third kappa shape index (κ3) is 2.70. The fourth-order valence-electron chi connectivity index (χ4n) is 2.11. The monoisotopic (exact) mass is 236 g/mol. The molecule has 94 valence electrons. The zero-order chi connectivity index (χ0) is 12.1. The molecule has 0 spiro atoms. The van der Waals surface area contributed by atoms with Crippen LogP contribution in [0.15, 0.2) is 18.2 Å². The molecule has 2 rings (SSSR count). The van der Waals surface area contributed by atoms with Crippen LogP contribution >= 0.6 is 0 Å². The zero-order valence-corrected chi connectivity index (χ0v) is 10.2. The molecule has 1 atom stereocenters. The summed E-state index contributed by atoms with van der Waals surface area (Å²) in [6.45, 7) is 3.40. The summed E-state index contributed by atoms with van der Waals surface area (Å²) in [4.78, 5) is 0. The van der Waals surface area contributed by atoms with Gasteiger partial charge in [0.25, 0.3) is 0 Å². The molecule has 4 heteroatoms. The fourth-order valence-corrected chi connectivity index (χ4v) is 2.11. The van der Waals surface area contributed by atoms with Crippen LogP contribution in [0.25, 0.3) is 0 Å². The summed E-state index contributed by atoms with van der Waals surface area (Å²) < 4.78 is 11.3. The van der Waals surface area contributed by atoms with Crippen molar-refractivity contribution in [3.63, 3.8) is 0 Å². The van der Waals surface area contributed by atoms with Gasteiger partial charge >= 0.3 is 0 Å². The van der Waals surface area contributed by atoms with Gasteiger partial charge in [-0.2, -0.15) is 0 Å². The minimum Gasteiger partial charge on any atom is -0.486 e. The molecule has 0 saturated carbocycles. The van der Waals surface area contributed by atoms with Gasteiger partial charge in [0.1, 0.15) is 13.2 Å². The number of para-hydroxylation sites is 1. The summed E-state index contributed by atoms with van der Waals surface area (Å²) in [6, 6.07) is 6.10. The first-order valence-electron chi connectivity index (χ1n) is 6.21. The van der Waals surface area contributed by atoms with Crippen molar-refractivity contribution in [2.75, 3.05) is 13.2 Å². The molecular weight excluding hydrogens is 216 g/mol. The highest BCUT2D eigenvalue weighted by molar-refractivity contribution is 5.48. The van der Waals surface area contributed by atoms with E-state index in [0.717, 1.165) is 36.3 Å². The Kier molecular flexibility index (Phi) is 4.23. The molecule has 1 aromatic carbocycles. The van der Waals surface area contributed by atoms with Gasteiger partial charge in [-0.3, -0.25) is 11.3 Å². The van der Waals surface area contributed by atoms with E-state index in [1.54, 1.807) is 0 Å². The van der Waals surface area contributed by atoms with Gasteiger partial charge in [0.05, 0.1) is 0 Å².